The summed E-state index contributed by atoms with van der Waals surface area (Å²) in [5.41, 5.74) is 3.57. The highest BCUT2D eigenvalue weighted by atomic mass is 35.5. The van der Waals surface area contributed by atoms with Crippen molar-refractivity contribution in [2.45, 2.75) is 31.5 Å². The number of hydrogen-bond acceptors (Lipinski definition) is 7. The Morgan fingerprint density at radius 3 is 2.78 bits per heavy atom. The Bertz CT molecular complexity index is 1320. The van der Waals surface area contributed by atoms with Crippen molar-refractivity contribution in [2.75, 3.05) is 5.75 Å². The number of fused-ring (bicyclic) bond motifs is 1. The maximum atomic E-state index is 13.2. The second kappa shape index (κ2) is 8.40. The molecule has 0 N–H and O–H groups in total. The van der Waals surface area contributed by atoms with E-state index in [9.17, 15) is 4.79 Å². The van der Waals surface area contributed by atoms with Crippen LogP contribution < -0.4 is 0 Å². The Hall–Kier alpha value is -3.17. The molecule has 1 atom stereocenters. The van der Waals surface area contributed by atoms with Crippen LogP contribution in [0.1, 0.15) is 35.2 Å². The van der Waals surface area contributed by atoms with Gasteiger partial charge in [-0.3, -0.25) is 9.20 Å². The summed E-state index contributed by atoms with van der Waals surface area (Å²) in [6.07, 6.45) is 2.16. The first kappa shape index (κ1) is 20.7. The van der Waals surface area contributed by atoms with Crippen molar-refractivity contribution in [1.82, 2.24) is 24.6 Å². The molecular formula is C22H19ClN6O2S. The number of thioether (sulfide) groups is 1. The average molecular weight is 467 g/mol. The highest BCUT2D eigenvalue weighted by Crippen LogP contribution is 2.34. The fourth-order valence-corrected chi connectivity index (χ4v) is 4.71. The van der Waals surface area contributed by atoms with Crippen LogP contribution in [0.15, 0.2) is 63.4 Å². The number of amides is 1. The van der Waals surface area contributed by atoms with E-state index in [1.807, 2.05) is 60.7 Å². The number of carbonyl (C=O) groups is 1. The fourth-order valence-electron chi connectivity index (χ4n) is 3.75. The summed E-state index contributed by atoms with van der Waals surface area (Å²) in [5, 5.41) is 15.8. The second-order valence-electron chi connectivity index (χ2n) is 7.47. The molecule has 0 radical (unpaired) electrons. The maximum absolute atomic E-state index is 13.2. The molecule has 0 aliphatic carbocycles. The molecule has 32 heavy (non-hydrogen) atoms. The van der Waals surface area contributed by atoms with Crippen LogP contribution in [0.25, 0.3) is 5.78 Å². The molecule has 0 saturated carbocycles. The van der Waals surface area contributed by atoms with Crippen LogP contribution in [0.4, 0.5) is 0 Å². The standard InChI is InChI=1S/C22H19ClN6O2S/c1-13-10-14(2)28-21(24-13)25-26-22(28)32-12-20(30)29-18(19-4-3-9-31-19)11-17(27-29)15-5-7-16(23)8-6-15/h3-10,18H,11-12H2,1-2H3. The molecule has 3 aromatic heterocycles. The molecule has 8 nitrogen and oxygen atoms in total. The molecule has 4 aromatic rings. The third-order valence-electron chi connectivity index (χ3n) is 5.20. The lowest BCUT2D eigenvalue weighted by atomic mass is 10.0. The predicted molar refractivity (Wildman–Crippen MR) is 122 cm³/mol. The lowest BCUT2D eigenvalue weighted by Crippen LogP contribution is -2.28. The van der Waals surface area contributed by atoms with Crippen LogP contribution in [0.3, 0.4) is 0 Å². The van der Waals surface area contributed by atoms with E-state index in [2.05, 4.69) is 20.3 Å². The largest absolute Gasteiger partial charge is 0.467 e. The van der Waals surface area contributed by atoms with Gasteiger partial charge in [0.1, 0.15) is 11.8 Å². The van der Waals surface area contributed by atoms with Crippen LogP contribution in [0.2, 0.25) is 5.02 Å². The minimum atomic E-state index is -0.301. The monoisotopic (exact) mass is 466 g/mol. The predicted octanol–water partition coefficient (Wildman–Crippen LogP) is 4.46. The minimum absolute atomic E-state index is 0.144. The first-order chi connectivity index (χ1) is 15.5. The SMILES string of the molecule is Cc1cc(C)n2c(SCC(=O)N3N=C(c4ccc(Cl)cc4)CC3c3ccco3)nnc2n1. The summed E-state index contributed by atoms with van der Waals surface area (Å²) in [6.45, 7) is 3.88. The van der Waals surface area contributed by atoms with E-state index in [0.717, 1.165) is 22.7 Å². The van der Waals surface area contributed by atoms with Crippen LogP contribution in [-0.2, 0) is 4.79 Å². The van der Waals surface area contributed by atoms with E-state index in [-0.39, 0.29) is 17.7 Å². The molecule has 162 valence electrons. The van der Waals surface area contributed by atoms with Crippen molar-refractivity contribution in [3.63, 3.8) is 0 Å². The number of benzene rings is 1. The van der Waals surface area contributed by atoms with Gasteiger partial charge in [0.2, 0.25) is 0 Å². The molecular weight excluding hydrogens is 448 g/mol. The smallest absolute Gasteiger partial charge is 0.256 e. The van der Waals surface area contributed by atoms with Crippen molar-refractivity contribution < 1.29 is 9.21 Å². The van der Waals surface area contributed by atoms with E-state index in [4.69, 9.17) is 16.0 Å². The molecule has 1 unspecified atom stereocenters. The molecule has 1 aromatic carbocycles. The molecule has 0 saturated heterocycles. The Kier molecular flexibility index (Phi) is 5.44. The van der Waals surface area contributed by atoms with Gasteiger partial charge >= 0.3 is 0 Å². The number of carbonyl (C=O) groups excluding carboxylic acids is 1. The van der Waals surface area contributed by atoms with Gasteiger partial charge in [-0.2, -0.15) is 5.10 Å². The van der Waals surface area contributed by atoms with Gasteiger partial charge in [-0.05, 0) is 49.7 Å². The fraction of sp³-hybridized carbons (Fsp3) is 0.227. The quantitative estimate of drug-likeness (QED) is 0.403. The summed E-state index contributed by atoms with van der Waals surface area (Å²) in [5.74, 6) is 1.23. The molecule has 0 spiro atoms. The number of halogens is 1. The Morgan fingerprint density at radius 2 is 2.03 bits per heavy atom. The Labute approximate surface area is 193 Å². The molecule has 10 heteroatoms. The van der Waals surface area contributed by atoms with Crippen LogP contribution in [0, 0.1) is 13.8 Å². The summed E-state index contributed by atoms with van der Waals surface area (Å²) in [6, 6.07) is 12.8. The van der Waals surface area contributed by atoms with E-state index in [0.29, 0.717) is 28.1 Å². The lowest BCUT2D eigenvalue weighted by molar-refractivity contribution is -0.130. The molecule has 4 heterocycles. The van der Waals surface area contributed by atoms with Crippen molar-refractivity contribution >= 4 is 40.8 Å². The summed E-state index contributed by atoms with van der Waals surface area (Å²) in [7, 11) is 0. The van der Waals surface area contributed by atoms with Crippen LogP contribution in [-0.4, -0.2) is 42.0 Å². The molecule has 0 bridgehead atoms. The van der Waals surface area contributed by atoms with Crippen molar-refractivity contribution in [1.29, 1.82) is 0 Å². The molecule has 1 aliphatic rings. The van der Waals surface area contributed by atoms with Crippen LogP contribution in [0.5, 0.6) is 0 Å². The van der Waals surface area contributed by atoms with Gasteiger partial charge in [0.15, 0.2) is 5.16 Å². The Morgan fingerprint density at radius 1 is 1.22 bits per heavy atom. The van der Waals surface area contributed by atoms with Gasteiger partial charge in [-0.15, -0.1) is 10.2 Å². The first-order valence-corrected chi connectivity index (χ1v) is 11.4. The normalized spacial score (nSPS) is 16.0. The zero-order valence-corrected chi connectivity index (χ0v) is 19.0. The van der Waals surface area contributed by atoms with Crippen LogP contribution >= 0.6 is 23.4 Å². The third kappa shape index (κ3) is 3.89. The number of furan rings is 1. The van der Waals surface area contributed by atoms with Gasteiger partial charge < -0.3 is 4.42 Å². The van der Waals surface area contributed by atoms with Crippen molar-refractivity contribution in [2.24, 2.45) is 5.10 Å². The van der Waals surface area contributed by atoms with Crippen molar-refractivity contribution in [3.05, 3.63) is 76.5 Å². The van der Waals surface area contributed by atoms with E-state index >= 15 is 0 Å². The van der Waals surface area contributed by atoms with Gasteiger partial charge in [0.25, 0.3) is 11.7 Å². The number of hydrazone groups is 1. The van der Waals surface area contributed by atoms with Gasteiger partial charge in [-0.25, -0.2) is 9.99 Å². The zero-order valence-electron chi connectivity index (χ0n) is 17.4. The number of hydrogen-bond donors (Lipinski definition) is 0. The maximum Gasteiger partial charge on any atom is 0.256 e. The molecule has 1 amide bonds. The van der Waals surface area contributed by atoms with E-state index < -0.39 is 0 Å². The van der Waals surface area contributed by atoms with E-state index in [1.165, 1.54) is 16.8 Å². The lowest BCUT2D eigenvalue weighted by Gasteiger charge is -2.19. The molecule has 5 rings (SSSR count). The zero-order chi connectivity index (χ0) is 22.2. The molecule has 0 fully saturated rings. The topological polar surface area (TPSA) is 88.9 Å². The van der Waals surface area contributed by atoms with Crippen molar-refractivity contribution in [3.8, 4) is 0 Å². The first-order valence-electron chi connectivity index (χ1n) is 10.0. The number of rotatable bonds is 5. The second-order valence-corrected chi connectivity index (χ2v) is 8.85. The van der Waals surface area contributed by atoms with Gasteiger partial charge in [0.05, 0.1) is 17.7 Å². The summed E-state index contributed by atoms with van der Waals surface area (Å²) >= 11 is 7.33. The number of aromatic nitrogens is 4. The summed E-state index contributed by atoms with van der Waals surface area (Å²) in [4.78, 5) is 17.6. The van der Waals surface area contributed by atoms with Gasteiger partial charge in [-0.1, -0.05) is 35.5 Å². The van der Waals surface area contributed by atoms with E-state index in [1.54, 1.807) is 6.26 Å². The highest BCUT2D eigenvalue weighted by molar-refractivity contribution is 7.99. The third-order valence-corrected chi connectivity index (χ3v) is 6.37. The van der Waals surface area contributed by atoms with Gasteiger partial charge in [0, 0.05) is 22.8 Å². The number of nitrogens with zero attached hydrogens (tertiary/aromatic N) is 6. The molecule has 1 aliphatic heterocycles. The highest BCUT2D eigenvalue weighted by Gasteiger charge is 2.35. The number of aryl methyl sites for hydroxylation is 2. The summed E-state index contributed by atoms with van der Waals surface area (Å²) < 4.78 is 7.45. The minimum Gasteiger partial charge on any atom is -0.467 e. The Balaban J connectivity index is 1.39. The average Bonchev–Trinajstić information content (AvgIpc) is 3.51.